The van der Waals surface area contributed by atoms with Gasteiger partial charge in [0.05, 0.1) is 12.6 Å². The van der Waals surface area contributed by atoms with Crippen LogP contribution in [0.15, 0.2) is 49.1 Å². The maximum Gasteiger partial charge on any atom is 0.224 e. The second-order valence-electron chi connectivity index (χ2n) is 6.45. The predicted molar refractivity (Wildman–Crippen MR) is 97.4 cm³/mol. The molecule has 2 N–H and O–H groups in total. The Balaban J connectivity index is 1.39. The van der Waals surface area contributed by atoms with Crippen LogP contribution in [0.4, 0.5) is 5.82 Å². The van der Waals surface area contributed by atoms with E-state index < -0.39 is 0 Å². The average Bonchev–Trinajstić information content (AvgIpc) is 3.06. The maximum absolute atomic E-state index is 12.5. The maximum atomic E-state index is 12.5. The van der Waals surface area contributed by atoms with Crippen molar-refractivity contribution < 1.29 is 4.79 Å². The van der Waals surface area contributed by atoms with E-state index in [-0.39, 0.29) is 11.9 Å². The zero-order valence-corrected chi connectivity index (χ0v) is 14.0. The van der Waals surface area contributed by atoms with Crippen molar-refractivity contribution in [2.45, 2.75) is 25.3 Å². The summed E-state index contributed by atoms with van der Waals surface area (Å²) in [5.41, 5.74) is 2.10. The van der Waals surface area contributed by atoms with Crippen molar-refractivity contribution in [2.75, 3.05) is 18.0 Å². The highest BCUT2D eigenvalue weighted by Crippen LogP contribution is 2.19. The zero-order valence-electron chi connectivity index (χ0n) is 14.0. The number of nitrogens with one attached hydrogen (secondary N) is 2. The summed E-state index contributed by atoms with van der Waals surface area (Å²) in [6.07, 6.45) is 9.51. The largest absolute Gasteiger partial charge is 0.361 e. The van der Waals surface area contributed by atoms with Crippen molar-refractivity contribution >= 4 is 22.6 Å². The summed E-state index contributed by atoms with van der Waals surface area (Å²) in [4.78, 5) is 26.4. The number of rotatable bonds is 4. The summed E-state index contributed by atoms with van der Waals surface area (Å²) in [5, 5.41) is 4.29. The van der Waals surface area contributed by atoms with Crippen molar-refractivity contribution in [3.8, 4) is 0 Å². The standard InChI is InChI=1S/C19H21N5O/c25-19(10-14-11-22-17-6-2-1-5-16(14)17)23-15-4-3-9-24(13-15)18-12-20-7-8-21-18/h1-2,5-8,11-12,15,22H,3-4,9-10,13H2,(H,23,25). The highest BCUT2D eigenvalue weighted by molar-refractivity contribution is 5.88. The molecular weight excluding hydrogens is 314 g/mol. The zero-order chi connectivity index (χ0) is 17.1. The number of piperidine rings is 1. The van der Waals surface area contributed by atoms with Gasteiger partial charge in [-0.3, -0.25) is 9.78 Å². The van der Waals surface area contributed by atoms with E-state index in [0.717, 1.165) is 48.2 Å². The molecule has 1 amide bonds. The number of para-hydroxylation sites is 1. The number of aromatic amines is 1. The third-order valence-corrected chi connectivity index (χ3v) is 4.69. The van der Waals surface area contributed by atoms with Crippen LogP contribution in [0.2, 0.25) is 0 Å². The van der Waals surface area contributed by atoms with Gasteiger partial charge in [-0.05, 0) is 24.5 Å². The molecule has 1 aliphatic rings. The first-order valence-corrected chi connectivity index (χ1v) is 8.65. The van der Waals surface area contributed by atoms with Crippen molar-refractivity contribution in [1.29, 1.82) is 0 Å². The normalized spacial score (nSPS) is 17.6. The molecule has 1 fully saturated rings. The molecule has 0 spiro atoms. The Morgan fingerprint density at radius 1 is 1.32 bits per heavy atom. The fourth-order valence-corrected chi connectivity index (χ4v) is 3.49. The van der Waals surface area contributed by atoms with Crippen LogP contribution in [0.3, 0.4) is 0 Å². The van der Waals surface area contributed by atoms with Gasteiger partial charge in [0, 0.05) is 48.6 Å². The van der Waals surface area contributed by atoms with Crippen molar-refractivity contribution in [2.24, 2.45) is 0 Å². The van der Waals surface area contributed by atoms with Crippen LogP contribution >= 0.6 is 0 Å². The number of hydrogen-bond donors (Lipinski definition) is 2. The summed E-state index contributed by atoms with van der Waals surface area (Å²) < 4.78 is 0. The molecule has 1 aliphatic heterocycles. The van der Waals surface area contributed by atoms with E-state index in [9.17, 15) is 4.79 Å². The lowest BCUT2D eigenvalue weighted by Gasteiger charge is -2.33. The minimum atomic E-state index is 0.0655. The first-order chi connectivity index (χ1) is 12.3. The van der Waals surface area contributed by atoms with Gasteiger partial charge in [0.25, 0.3) is 0 Å². The van der Waals surface area contributed by atoms with Gasteiger partial charge >= 0.3 is 0 Å². The number of nitrogens with zero attached hydrogens (tertiary/aromatic N) is 3. The Labute approximate surface area is 146 Å². The molecule has 0 bridgehead atoms. The van der Waals surface area contributed by atoms with Crippen molar-refractivity contribution in [3.05, 3.63) is 54.6 Å². The molecule has 0 aliphatic carbocycles. The van der Waals surface area contributed by atoms with E-state index in [1.165, 1.54) is 0 Å². The molecule has 6 heteroatoms. The van der Waals surface area contributed by atoms with E-state index in [1.807, 2.05) is 30.5 Å². The Bertz CT molecular complexity index is 860. The van der Waals surface area contributed by atoms with E-state index >= 15 is 0 Å². The van der Waals surface area contributed by atoms with Gasteiger partial charge in [-0.25, -0.2) is 4.98 Å². The van der Waals surface area contributed by atoms with Gasteiger partial charge in [0.15, 0.2) is 0 Å². The lowest BCUT2D eigenvalue weighted by Crippen LogP contribution is -2.48. The number of aromatic nitrogens is 3. The quantitative estimate of drug-likeness (QED) is 0.767. The summed E-state index contributed by atoms with van der Waals surface area (Å²) in [5.74, 6) is 0.939. The average molecular weight is 335 g/mol. The molecule has 25 heavy (non-hydrogen) atoms. The van der Waals surface area contributed by atoms with Gasteiger partial charge in [0.2, 0.25) is 5.91 Å². The minimum absolute atomic E-state index is 0.0655. The Kier molecular flexibility index (Phi) is 4.33. The number of carbonyl (C=O) groups is 1. The second kappa shape index (κ2) is 6.93. The SMILES string of the molecule is O=C(Cc1c[nH]c2ccccc12)NC1CCCN(c2cnccn2)C1. The molecule has 1 atom stereocenters. The molecule has 3 aromatic rings. The van der Waals surface area contributed by atoms with Crippen LogP contribution in [0, 0.1) is 0 Å². The van der Waals surface area contributed by atoms with E-state index in [0.29, 0.717) is 6.42 Å². The molecule has 4 rings (SSSR count). The number of hydrogen-bond acceptors (Lipinski definition) is 4. The number of amides is 1. The Morgan fingerprint density at radius 2 is 2.24 bits per heavy atom. The summed E-state index contributed by atoms with van der Waals surface area (Å²) in [7, 11) is 0. The fourth-order valence-electron chi connectivity index (χ4n) is 3.49. The molecule has 128 valence electrons. The summed E-state index contributed by atoms with van der Waals surface area (Å²) in [6.45, 7) is 1.73. The first kappa shape index (κ1) is 15.6. The Hall–Kier alpha value is -2.89. The molecule has 1 aromatic carbocycles. The van der Waals surface area contributed by atoms with E-state index in [4.69, 9.17) is 0 Å². The molecule has 2 aromatic heterocycles. The molecule has 0 saturated carbocycles. The number of fused-ring (bicyclic) bond motifs is 1. The van der Waals surface area contributed by atoms with Gasteiger partial charge in [-0.15, -0.1) is 0 Å². The molecule has 1 unspecified atom stereocenters. The van der Waals surface area contributed by atoms with Crippen LogP contribution in [-0.2, 0) is 11.2 Å². The molecule has 6 nitrogen and oxygen atoms in total. The lowest BCUT2D eigenvalue weighted by molar-refractivity contribution is -0.121. The highest BCUT2D eigenvalue weighted by atomic mass is 16.1. The smallest absolute Gasteiger partial charge is 0.224 e. The van der Waals surface area contributed by atoms with Crippen LogP contribution < -0.4 is 10.2 Å². The topological polar surface area (TPSA) is 73.9 Å². The van der Waals surface area contributed by atoms with Crippen LogP contribution in [0.25, 0.3) is 10.9 Å². The van der Waals surface area contributed by atoms with Crippen LogP contribution in [0.5, 0.6) is 0 Å². The number of carbonyl (C=O) groups excluding carboxylic acids is 1. The van der Waals surface area contributed by atoms with Gasteiger partial charge in [-0.1, -0.05) is 18.2 Å². The van der Waals surface area contributed by atoms with Crippen LogP contribution in [-0.4, -0.2) is 40.0 Å². The lowest BCUT2D eigenvalue weighted by atomic mass is 10.0. The highest BCUT2D eigenvalue weighted by Gasteiger charge is 2.22. The minimum Gasteiger partial charge on any atom is -0.361 e. The second-order valence-corrected chi connectivity index (χ2v) is 6.45. The van der Waals surface area contributed by atoms with Crippen molar-refractivity contribution in [1.82, 2.24) is 20.3 Å². The van der Waals surface area contributed by atoms with E-state index in [2.05, 4.69) is 25.2 Å². The summed E-state index contributed by atoms with van der Waals surface area (Å²) in [6, 6.07) is 8.21. The first-order valence-electron chi connectivity index (χ1n) is 8.65. The number of anilines is 1. The van der Waals surface area contributed by atoms with Gasteiger partial charge in [-0.2, -0.15) is 0 Å². The van der Waals surface area contributed by atoms with Crippen molar-refractivity contribution in [3.63, 3.8) is 0 Å². The summed E-state index contributed by atoms with van der Waals surface area (Å²) >= 11 is 0. The third-order valence-electron chi connectivity index (χ3n) is 4.69. The third kappa shape index (κ3) is 3.47. The number of benzene rings is 1. The molecule has 1 saturated heterocycles. The van der Waals surface area contributed by atoms with E-state index in [1.54, 1.807) is 18.6 Å². The fraction of sp³-hybridized carbons (Fsp3) is 0.316. The van der Waals surface area contributed by atoms with Gasteiger partial charge in [0.1, 0.15) is 5.82 Å². The van der Waals surface area contributed by atoms with Gasteiger partial charge < -0.3 is 15.2 Å². The predicted octanol–water partition coefficient (Wildman–Crippen LogP) is 2.29. The van der Waals surface area contributed by atoms with Crippen LogP contribution in [0.1, 0.15) is 18.4 Å². The molecule has 3 heterocycles. The number of H-pyrrole nitrogens is 1. The monoisotopic (exact) mass is 335 g/mol. The molecule has 0 radical (unpaired) electrons. The molecular formula is C19H21N5O. The Morgan fingerprint density at radius 3 is 3.12 bits per heavy atom.